The quantitative estimate of drug-likeness (QED) is 0.584. The average molecular weight is 488 g/mol. The van der Waals surface area contributed by atoms with E-state index in [-0.39, 0.29) is 23.4 Å². The number of nitrogens with one attached hydrogen (secondary N) is 1. The van der Waals surface area contributed by atoms with Crippen molar-refractivity contribution in [3.05, 3.63) is 59.7 Å². The summed E-state index contributed by atoms with van der Waals surface area (Å²) in [7, 11) is -2.11. The number of carbonyl (C=O) groups is 2. The zero-order chi connectivity index (χ0) is 25.1. The zero-order valence-corrected chi connectivity index (χ0v) is 21.2. The second-order valence-electron chi connectivity index (χ2n) is 8.98. The molecule has 184 valence electrons. The number of hydrogen-bond donors (Lipinski definition) is 1. The summed E-state index contributed by atoms with van der Waals surface area (Å²) in [6, 6.07) is 13.9. The van der Waals surface area contributed by atoms with Crippen LogP contribution in [0.4, 0.5) is 5.69 Å². The Morgan fingerprint density at radius 2 is 1.68 bits per heavy atom. The van der Waals surface area contributed by atoms with Crippen molar-refractivity contribution in [2.75, 3.05) is 36.8 Å². The molecule has 1 aliphatic heterocycles. The van der Waals surface area contributed by atoms with Gasteiger partial charge in [-0.2, -0.15) is 0 Å². The molecule has 1 fully saturated rings. The monoisotopic (exact) mass is 487 g/mol. The molecule has 2 amide bonds. The first-order chi connectivity index (χ1) is 16.0. The van der Waals surface area contributed by atoms with Gasteiger partial charge in [-0.15, -0.1) is 0 Å². The Bertz CT molecular complexity index is 1120. The number of hydrogen-bond acceptors (Lipinski definition) is 6. The molecule has 1 atom stereocenters. The van der Waals surface area contributed by atoms with Crippen LogP contribution >= 0.6 is 0 Å². The highest BCUT2D eigenvalue weighted by atomic mass is 32.2. The summed E-state index contributed by atoms with van der Waals surface area (Å²) in [6.45, 7) is 9.44. The third-order valence-electron chi connectivity index (χ3n) is 6.16. The highest BCUT2D eigenvalue weighted by Gasteiger charge is 2.49. The van der Waals surface area contributed by atoms with Crippen molar-refractivity contribution in [3.63, 3.8) is 0 Å². The van der Waals surface area contributed by atoms with Crippen LogP contribution in [0.15, 0.2) is 48.5 Å². The fourth-order valence-corrected chi connectivity index (χ4v) is 6.36. The van der Waals surface area contributed by atoms with Gasteiger partial charge in [0.15, 0.2) is 0 Å². The molecule has 9 heteroatoms. The second kappa shape index (κ2) is 10.1. The van der Waals surface area contributed by atoms with E-state index in [2.05, 4.69) is 24.1 Å². The van der Waals surface area contributed by atoms with Crippen LogP contribution < -0.4 is 14.4 Å². The van der Waals surface area contributed by atoms with Gasteiger partial charge in [0, 0.05) is 12.1 Å². The lowest BCUT2D eigenvalue weighted by atomic mass is 9.95. The molecule has 8 nitrogen and oxygen atoms in total. The van der Waals surface area contributed by atoms with Gasteiger partial charge in [0.05, 0.1) is 30.0 Å². The Labute approximate surface area is 201 Å². The minimum Gasteiger partial charge on any atom is -0.497 e. The predicted molar refractivity (Wildman–Crippen MR) is 132 cm³/mol. The molecule has 0 spiro atoms. The number of ether oxygens (including phenoxy) is 1. The number of benzene rings is 2. The highest BCUT2D eigenvalue weighted by molar-refractivity contribution is 7.94. The Hall–Kier alpha value is -2.91. The van der Waals surface area contributed by atoms with E-state index >= 15 is 0 Å². The Morgan fingerprint density at radius 3 is 2.15 bits per heavy atom. The molecule has 1 heterocycles. The van der Waals surface area contributed by atoms with Crippen molar-refractivity contribution >= 4 is 27.5 Å². The van der Waals surface area contributed by atoms with E-state index in [0.29, 0.717) is 12.1 Å². The van der Waals surface area contributed by atoms with Gasteiger partial charge in [-0.1, -0.05) is 26.0 Å². The standard InChI is InChI=1S/C25H33N3O5S/c1-6-27(7-2)22(18-10-14-21(33-5)15-11-18)16-26-23(29)19-8-12-20(13-9-19)28-24(30)25(3,4)17-34(28,31)32/h8-15,22H,6-7,16-17H2,1-5H3,(H,26,29). The van der Waals surface area contributed by atoms with Crippen LogP contribution in [0.5, 0.6) is 5.75 Å². The van der Waals surface area contributed by atoms with Gasteiger partial charge in [0.2, 0.25) is 15.9 Å². The molecule has 1 unspecified atom stereocenters. The van der Waals surface area contributed by atoms with E-state index in [1.165, 1.54) is 12.1 Å². The summed E-state index contributed by atoms with van der Waals surface area (Å²) in [5, 5.41) is 2.99. The summed E-state index contributed by atoms with van der Waals surface area (Å²) in [5.41, 5.74) is 0.724. The number of anilines is 1. The normalized spacial score (nSPS) is 17.6. The van der Waals surface area contributed by atoms with Crippen LogP contribution in [0.2, 0.25) is 0 Å². The summed E-state index contributed by atoms with van der Waals surface area (Å²) < 4.78 is 31.1. The molecule has 3 rings (SSSR count). The lowest BCUT2D eigenvalue weighted by Crippen LogP contribution is -2.38. The van der Waals surface area contributed by atoms with Crippen molar-refractivity contribution in [1.82, 2.24) is 10.2 Å². The summed E-state index contributed by atoms with van der Waals surface area (Å²) in [6.07, 6.45) is 0. The fourth-order valence-electron chi connectivity index (χ4n) is 4.25. The summed E-state index contributed by atoms with van der Waals surface area (Å²) >= 11 is 0. The highest BCUT2D eigenvalue weighted by Crippen LogP contribution is 2.35. The van der Waals surface area contributed by atoms with Gasteiger partial charge < -0.3 is 10.1 Å². The van der Waals surface area contributed by atoms with Crippen molar-refractivity contribution in [1.29, 1.82) is 0 Å². The Morgan fingerprint density at radius 1 is 1.09 bits per heavy atom. The number of rotatable bonds is 9. The predicted octanol–water partition coefficient (Wildman–Crippen LogP) is 3.21. The van der Waals surface area contributed by atoms with Gasteiger partial charge in [-0.05, 0) is 68.9 Å². The Balaban J connectivity index is 1.74. The summed E-state index contributed by atoms with van der Waals surface area (Å²) in [5.74, 6) is -0.202. The number of amides is 2. The van der Waals surface area contributed by atoms with Crippen molar-refractivity contribution in [3.8, 4) is 5.75 Å². The van der Waals surface area contributed by atoms with Crippen LogP contribution in [0, 0.1) is 5.41 Å². The van der Waals surface area contributed by atoms with Crippen LogP contribution in [0.3, 0.4) is 0 Å². The first-order valence-electron chi connectivity index (χ1n) is 11.4. The van der Waals surface area contributed by atoms with Gasteiger partial charge in [0.25, 0.3) is 5.91 Å². The van der Waals surface area contributed by atoms with E-state index in [0.717, 1.165) is 28.7 Å². The number of sulfonamides is 1. The topological polar surface area (TPSA) is 96.0 Å². The third kappa shape index (κ3) is 5.26. The maximum atomic E-state index is 12.9. The molecule has 1 N–H and O–H groups in total. The third-order valence-corrected chi connectivity index (χ3v) is 8.18. The van der Waals surface area contributed by atoms with Crippen LogP contribution in [0.1, 0.15) is 49.7 Å². The molecule has 34 heavy (non-hydrogen) atoms. The van der Waals surface area contributed by atoms with E-state index < -0.39 is 21.3 Å². The lowest BCUT2D eigenvalue weighted by Gasteiger charge is -2.30. The molecule has 0 radical (unpaired) electrons. The van der Waals surface area contributed by atoms with Crippen molar-refractivity contribution < 1.29 is 22.7 Å². The molecular weight excluding hydrogens is 454 g/mol. The van der Waals surface area contributed by atoms with E-state index in [1.807, 2.05) is 24.3 Å². The largest absolute Gasteiger partial charge is 0.497 e. The second-order valence-corrected chi connectivity index (χ2v) is 10.8. The van der Waals surface area contributed by atoms with Crippen molar-refractivity contribution in [2.24, 2.45) is 5.41 Å². The lowest BCUT2D eigenvalue weighted by molar-refractivity contribution is -0.123. The number of likely N-dealkylation sites (N-methyl/N-ethyl adjacent to an activating group) is 1. The summed E-state index contributed by atoms with van der Waals surface area (Å²) in [4.78, 5) is 27.7. The van der Waals surface area contributed by atoms with Crippen LogP contribution in [-0.2, 0) is 14.8 Å². The number of carbonyl (C=O) groups excluding carboxylic acids is 2. The molecule has 1 aliphatic rings. The maximum absolute atomic E-state index is 12.9. The van der Waals surface area contributed by atoms with E-state index in [1.54, 1.807) is 33.1 Å². The molecular formula is C25H33N3O5S. The van der Waals surface area contributed by atoms with Gasteiger partial charge in [-0.3, -0.25) is 14.5 Å². The molecule has 2 aromatic rings. The SMILES string of the molecule is CCN(CC)C(CNC(=O)c1ccc(N2C(=O)C(C)(C)CS2(=O)=O)cc1)c1ccc(OC)cc1. The maximum Gasteiger partial charge on any atom is 0.251 e. The molecule has 1 saturated heterocycles. The Kier molecular flexibility index (Phi) is 7.67. The molecule has 2 aromatic carbocycles. The van der Waals surface area contributed by atoms with Crippen molar-refractivity contribution in [2.45, 2.75) is 33.7 Å². The van der Waals surface area contributed by atoms with Gasteiger partial charge in [-0.25, -0.2) is 12.7 Å². The van der Waals surface area contributed by atoms with E-state index in [4.69, 9.17) is 4.74 Å². The molecule has 0 saturated carbocycles. The average Bonchev–Trinajstić information content (AvgIpc) is 2.98. The zero-order valence-electron chi connectivity index (χ0n) is 20.4. The number of methoxy groups -OCH3 is 1. The first kappa shape index (κ1) is 25.7. The fraction of sp³-hybridized carbons (Fsp3) is 0.440. The van der Waals surface area contributed by atoms with Crippen LogP contribution in [0.25, 0.3) is 0 Å². The van der Waals surface area contributed by atoms with Crippen LogP contribution in [-0.4, -0.2) is 57.6 Å². The van der Waals surface area contributed by atoms with Gasteiger partial charge >= 0.3 is 0 Å². The smallest absolute Gasteiger partial charge is 0.251 e. The minimum atomic E-state index is -3.73. The molecule has 0 aliphatic carbocycles. The molecule has 0 aromatic heterocycles. The first-order valence-corrected chi connectivity index (χ1v) is 13.0. The van der Waals surface area contributed by atoms with Gasteiger partial charge in [0.1, 0.15) is 5.75 Å². The molecule has 0 bridgehead atoms. The van der Waals surface area contributed by atoms with E-state index in [9.17, 15) is 18.0 Å². The number of nitrogens with zero attached hydrogens (tertiary/aromatic N) is 2. The minimum absolute atomic E-state index is 0.0151.